The molecule has 0 unspecified atom stereocenters. The highest BCUT2D eigenvalue weighted by molar-refractivity contribution is 9.10. The molecule has 0 aliphatic carbocycles. The van der Waals surface area contributed by atoms with E-state index < -0.39 is 15.7 Å². The first-order valence-corrected chi connectivity index (χ1v) is 8.72. The van der Waals surface area contributed by atoms with E-state index in [0.29, 0.717) is 10.0 Å². The summed E-state index contributed by atoms with van der Waals surface area (Å²) in [6.45, 7) is -0.0596. The maximum atomic E-state index is 11.8. The molecule has 0 aliphatic rings. The van der Waals surface area contributed by atoms with Crippen LogP contribution in [0.5, 0.6) is 5.75 Å². The lowest BCUT2D eigenvalue weighted by atomic mass is 10.1. The van der Waals surface area contributed by atoms with Crippen molar-refractivity contribution >= 4 is 37.4 Å². The Kier molecular flexibility index (Phi) is 6.16. The Bertz CT molecular complexity index is 658. The Morgan fingerprint density at radius 2 is 2.10 bits per heavy atom. The molecule has 0 fully saturated rings. The Balaban J connectivity index is 2.66. The minimum absolute atomic E-state index is 0.0418. The average Bonchev–Trinajstić information content (AvgIpc) is 2.38. The molecule has 0 bridgehead atoms. The van der Waals surface area contributed by atoms with Crippen LogP contribution in [0.4, 0.5) is 0 Å². The van der Waals surface area contributed by atoms with E-state index in [9.17, 15) is 18.3 Å². The predicted octanol–water partition coefficient (Wildman–Crippen LogP) is 0.688. The molecule has 0 radical (unpaired) electrons. The van der Waals surface area contributed by atoms with Gasteiger partial charge in [-0.25, -0.2) is 8.42 Å². The maximum Gasteiger partial charge on any atom is 0.269 e. The van der Waals surface area contributed by atoms with E-state index in [0.717, 1.165) is 6.26 Å². The monoisotopic (exact) mass is 378 g/mol. The van der Waals surface area contributed by atoms with Crippen LogP contribution in [0.15, 0.2) is 27.8 Å². The number of carbonyl (C=O) groups is 1. The lowest BCUT2D eigenvalue weighted by Gasteiger charge is -2.07. The van der Waals surface area contributed by atoms with Gasteiger partial charge in [0.15, 0.2) is 0 Å². The van der Waals surface area contributed by atoms with E-state index in [1.165, 1.54) is 6.07 Å². The fraction of sp³-hybridized carbons (Fsp3) is 0.333. The van der Waals surface area contributed by atoms with Gasteiger partial charge in [-0.15, -0.1) is 0 Å². The van der Waals surface area contributed by atoms with Crippen LogP contribution in [-0.4, -0.2) is 48.9 Å². The first kappa shape index (κ1) is 17.4. The van der Waals surface area contributed by atoms with Gasteiger partial charge in [-0.05, 0) is 33.6 Å². The van der Waals surface area contributed by atoms with E-state index in [2.05, 4.69) is 26.4 Å². The van der Waals surface area contributed by atoms with Crippen LogP contribution in [0, 0.1) is 0 Å². The van der Waals surface area contributed by atoms with Crippen molar-refractivity contribution in [3.05, 3.63) is 28.2 Å². The topological polar surface area (TPSA) is 116 Å². The zero-order valence-corrected chi connectivity index (χ0v) is 13.6. The van der Waals surface area contributed by atoms with Gasteiger partial charge in [-0.1, -0.05) is 11.2 Å². The van der Waals surface area contributed by atoms with Gasteiger partial charge in [-0.2, -0.15) is 0 Å². The van der Waals surface area contributed by atoms with Crippen molar-refractivity contribution in [3.63, 3.8) is 0 Å². The number of benzene rings is 1. The number of carbonyl (C=O) groups excluding carboxylic acids is 1. The number of rotatable bonds is 6. The van der Waals surface area contributed by atoms with E-state index in [4.69, 9.17) is 5.21 Å². The Hall–Kier alpha value is -1.61. The molecule has 1 rings (SSSR count). The number of hydrogen-bond donors (Lipinski definition) is 3. The third-order valence-corrected chi connectivity index (χ3v) is 4.11. The number of sulfone groups is 1. The molecule has 9 heteroatoms. The number of oxime groups is 1. The van der Waals surface area contributed by atoms with Crippen molar-refractivity contribution < 1.29 is 23.5 Å². The fourth-order valence-corrected chi connectivity index (χ4v) is 2.37. The largest absolute Gasteiger partial charge is 0.507 e. The molecule has 1 amide bonds. The number of nitrogens with one attached hydrogen (secondary N) is 1. The van der Waals surface area contributed by atoms with Crippen LogP contribution >= 0.6 is 15.9 Å². The van der Waals surface area contributed by atoms with Gasteiger partial charge in [0, 0.05) is 19.2 Å². The van der Waals surface area contributed by atoms with E-state index in [1.807, 2.05) is 0 Å². The molecule has 21 heavy (non-hydrogen) atoms. The van der Waals surface area contributed by atoms with Crippen LogP contribution in [0.25, 0.3) is 0 Å². The SMILES string of the molecule is CS(=O)(=O)CCNC(=O)/C(Cc1ccc(O)c(Br)c1)=N/O. The summed E-state index contributed by atoms with van der Waals surface area (Å²) in [7, 11) is -3.17. The zero-order chi connectivity index (χ0) is 16.0. The second-order valence-corrected chi connectivity index (χ2v) is 7.51. The summed E-state index contributed by atoms with van der Waals surface area (Å²) < 4.78 is 22.4. The molecule has 0 atom stereocenters. The summed E-state index contributed by atoms with van der Waals surface area (Å²) in [4.78, 5) is 11.8. The molecule has 1 aromatic carbocycles. The molecule has 0 spiro atoms. The van der Waals surface area contributed by atoms with Gasteiger partial charge in [0.2, 0.25) is 0 Å². The van der Waals surface area contributed by atoms with E-state index in [1.54, 1.807) is 12.1 Å². The van der Waals surface area contributed by atoms with Gasteiger partial charge in [0.1, 0.15) is 21.3 Å². The van der Waals surface area contributed by atoms with Gasteiger partial charge in [0.05, 0.1) is 10.2 Å². The van der Waals surface area contributed by atoms with Crippen LogP contribution in [0.2, 0.25) is 0 Å². The molecule has 7 nitrogen and oxygen atoms in total. The zero-order valence-electron chi connectivity index (χ0n) is 11.2. The van der Waals surface area contributed by atoms with Crippen molar-refractivity contribution in [2.75, 3.05) is 18.6 Å². The van der Waals surface area contributed by atoms with Gasteiger partial charge in [-0.3, -0.25) is 4.79 Å². The highest BCUT2D eigenvalue weighted by atomic mass is 79.9. The molecular formula is C12H15BrN2O5S. The number of aromatic hydroxyl groups is 1. The Morgan fingerprint density at radius 1 is 1.43 bits per heavy atom. The number of hydrogen-bond acceptors (Lipinski definition) is 6. The average molecular weight is 379 g/mol. The highest BCUT2D eigenvalue weighted by Crippen LogP contribution is 2.24. The predicted molar refractivity (Wildman–Crippen MR) is 81.5 cm³/mol. The molecule has 0 saturated heterocycles. The third kappa shape index (κ3) is 6.13. The minimum atomic E-state index is -3.17. The fourth-order valence-electron chi connectivity index (χ4n) is 1.47. The number of phenols is 1. The third-order valence-electron chi connectivity index (χ3n) is 2.52. The second kappa shape index (κ2) is 7.41. The molecule has 0 saturated carbocycles. The lowest BCUT2D eigenvalue weighted by Crippen LogP contribution is -2.35. The number of amides is 1. The van der Waals surface area contributed by atoms with E-state index >= 15 is 0 Å². The smallest absolute Gasteiger partial charge is 0.269 e. The molecule has 3 N–H and O–H groups in total. The highest BCUT2D eigenvalue weighted by Gasteiger charge is 2.14. The summed E-state index contributed by atoms with van der Waals surface area (Å²) in [5.41, 5.74) is 0.492. The van der Waals surface area contributed by atoms with Crippen molar-refractivity contribution in [1.82, 2.24) is 5.32 Å². The molecule has 0 aromatic heterocycles. The van der Waals surface area contributed by atoms with Crippen LogP contribution < -0.4 is 5.32 Å². The lowest BCUT2D eigenvalue weighted by molar-refractivity contribution is -0.114. The maximum absolute atomic E-state index is 11.8. The number of nitrogens with zero attached hydrogens (tertiary/aromatic N) is 1. The van der Waals surface area contributed by atoms with Crippen molar-refractivity contribution in [2.24, 2.45) is 5.16 Å². The molecular weight excluding hydrogens is 364 g/mol. The molecule has 0 aliphatic heterocycles. The number of halogens is 1. The second-order valence-electron chi connectivity index (χ2n) is 4.40. The number of phenolic OH excluding ortho intramolecular Hbond substituents is 1. The van der Waals surface area contributed by atoms with E-state index in [-0.39, 0.29) is 30.2 Å². The first-order chi connectivity index (χ1) is 9.73. The summed E-state index contributed by atoms with van der Waals surface area (Å²) in [5, 5.41) is 23.6. The standard InChI is InChI=1S/C12H15BrN2O5S/c1-21(19,20)5-4-14-12(17)10(15-18)7-8-2-3-11(16)9(13)6-8/h2-3,6,16,18H,4-5,7H2,1H3,(H,14,17)/b15-10+. The van der Waals surface area contributed by atoms with Gasteiger partial charge in [0.25, 0.3) is 5.91 Å². The minimum Gasteiger partial charge on any atom is -0.507 e. The van der Waals surface area contributed by atoms with Crippen molar-refractivity contribution in [3.8, 4) is 5.75 Å². The Morgan fingerprint density at radius 3 is 2.62 bits per heavy atom. The molecule has 116 valence electrons. The summed E-state index contributed by atoms with van der Waals surface area (Å²) in [6.07, 6.45) is 1.11. The van der Waals surface area contributed by atoms with Gasteiger partial charge >= 0.3 is 0 Å². The van der Waals surface area contributed by atoms with Crippen LogP contribution in [0.3, 0.4) is 0 Å². The molecule has 1 aromatic rings. The van der Waals surface area contributed by atoms with Crippen LogP contribution in [0.1, 0.15) is 5.56 Å². The first-order valence-electron chi connectivity index (χ1n) is 5.87. The van der Waals surface area contributed by atoms with Crippen molar-refractivity contribution in [2.45, 2.75) is 6.42 Å². The molecule has 0 heterocycles. The summed E-state index contributed by atoms with van der Waals surface area (Å²) in [5.74, 6) is -0.786. The summed E-state index contributed by atoms with van der Waals surface area (Å²) in [6, 6.07) is 4.61. The quantitative estimate of drug-likeness (QED) is 0.382. The van der Waals surface area contributed by atoms with Crippen LogP contribution in [-0.2, 0) is 21.1 Å². The van der Waals surface area contributed by atoms with Crippen molar-refractivity contribution in [1.29, 1.82) is 0 Å². The summed E-state index contributed by atoms with van der Waals surface area (Å²) >= 11 is 3.14. The normalized spacial score (nSPS) is 12.2. The Labute approximate surface area is 130 Å². The van der Waals surface area contributed by atoms with Gasteiger partial charge < -0.3 is 15.6 Å².